The van der Waals surface area contributed by atoms with E-state index in [0.29, 0.717) is 17.8 Å². The molecule has 1 aliphatic heterocycles. The zero-order valence-corrected chi connectivity index (χ0v) is 14.6. The maximum absolute atomic E-state index is 12.3. The Morgan fingerprint density at radius 2 is 1.92 bits per heavy atom. The molecule has 1 heterocycles. The van der Waals surface area contributed by atoms with Crippen molar-refractivity contribution in [3.63, 3.8) is 0 Å². The SMILES string of the molecule is O=C(Nc1cccc(C(=O)NC[C@@H]2CCCO2)c1)NC1CCCCC1. The van der Waals surface area contributed by atoms with Gasteiger partial charge < -0.3 is 20.7 Å². The minimum atomic E-state index is -0.205. The minimum absolute atomic E-state index is 0.117. The van der Waals surface area contributed by atoms with E-state index in [-0.39, 0.29) is 24.1 Å². The van der Waals surface area contributed by atoms with Gasteiger partial charge in [0, 0.05) is 30.4 Å². The molecule has 1 aromatic carbocycles. The van der Waals surface area contributed by atoms with Gasteiger partial charge in [0.05, 0.1) is 6.10 Å². The topological polar surface area (TPSA) is 79.5 Å². The molecule has 0 bridgehead atoms. The van der Waals surface area contributed by atoms with Crippen LogP contribution in [0.15, 0.2) is 24.3 Å². The van der Waals surface area contributed by atoms with Crippen LogP contribution in [0.1, 0.15) is 55.3 Å². The Kier molecular flexibility index (Phi) is 6.28. The molecule has 1 saturated heterocycles. The van der Waals surface area contributed by atoms with Crippen molar-refractivity contribution in [1.82, 2.24) is 10.6 Å². The first kappa shape index (κ1) is 17.7. The first-order valence-electron chi connectivity index (χ1n) is 9.28. The number of benzene rings is 1. The average Bonchev–Trinajstić information content (AvgIpc) is 3.14. The van der Waals surface area contributed by atoms with Crippen LogP contribution in [0.3, 0.4) is 0 Å². The van der Waals surface area contributed by atoms with Gasteiger partial charge in [-0.1, -0.05) is 25.3 Å². The van der Waals surface area contributed by atoms with Crippen molar-refractivity contribution >= 4 is 17.6 Å². The molecule has 1 aliphatic carbocycles. The number of urea groups is 1. The number of amides is 3. The molecule has 1 atom stereocenters. The lowest BCUT2D eigenvalue weighted by Crippen LogP contribution is -2.39. The third-order valence-electron chi connectivity index (χ3n) is 4.84. The number of ether oxygens (including phenoxy) is 1. The number of carbonyl (C=O) groups excluding carboxylic acids is 2. The molecule has 6 nitrogen and oxygen atoms in total. The molecule has 1 aromatic rings. The van der Waals surface area contributed by atoms with E-state index in [1.165, 1.54) is 19.3 Å². The largest absolute Gasteiger partial charge is 0.376 e. The molecule has 25 heavy (non-hydrogen) atoms. The van der Waals surface area contributed by atoms with Gasteiger partial charge in [-0.15, -0.1) is 0 Å². The average molecular weight is 345 g/mol. The normalized spacial score (nSPS) is 20.9. The van der Waals surface area contributed by atoms with E-state index in [0.717, 1.165) is 32.3 Å². The van der Waals surface area contributed by atoms with Gasteiger partial charge in [0.15, 0.2) is 0 Å². The van der Waals surface area contributed by atoms with E-state index in [1.54, 1.807) is 24.3 Å². The standard InChI is InChI=1S/C19H27N3O3/c23-18(20-13-17-10-5-11-25-17)14-6-4-9-16(12-14)22-19(24)21-15-7-2-1-3-8-15/h4,6,9,12,15,17H,1-3,5,7-8,10-11,13H2,(H,20,23)(H2,21,22,24)/t17-/m0/s1. The highest BCUT2D eigenvalue weighted by Crippen LogP contribution is 2.18. The van der Waals surface area contributed by atoms with E-state index < -0.39 is 0 Å². The van der Waals surface area contributed by atoms with Gasteiger partial charge in [0.1, 0.15) is 0 Å². The third kappa shape index (κ3) is 5.46. The third-order valence-corrected chi connectivity index (χ3v) is 4.84. The second-order valence-electron chi connectivity index (χ2n) is 6.86. The molecule has 2 fully saturated rings. The van der Waals surface area contributed by atoms with Crippen LogP contribution in [-0.4, -0.2) is 37.2 Å². The molecule has 0 radical (unpaired) electrons. The van der Waals surface area contributed by atoms with Gasteiger partial charge in [-0.3, -0.25) is 4.79 Å². The molecule has 2 aliphatic rings. The number of hydrogen-bond acceptors (Lipinski definition) is 3. The summed E-state index contributed by atoms with van der Waals surface area (Å²) >= 11 is 0. The molecule has 3 amide bonds. The molecule has 0 spiro atoms. The maximum Gasteiger partial charge on any atom is 0.319 e. The first-order chi connectivity index (χ1) is 12.2. The van der Waals surface area contributed by atoms with Crippen LogP contribution in [0.25, 0.3) is 0 Å². The summed E-state index contributed by atoms with van der Waals surface area (Å²) in [6.45, 7) is 1.30. The van der Waals surface area contributed by atoms with Gasteiger partial charge in [-0.25, -0.2) is 4.79 Å². The zero-order chi connectivity index (χ0) is 17.5. The fourth-order valence-corrected chi connectivity index (χ4v) is 3.45. The lowest BCUT2D eigenvalue weighted by molar-refractivity contribution is 0.0858. The van der Waals surface area contributed by atoms with Gasteiger partial charge in [-0.05, 0) is 43.9 Å². The molecule has 3 rings (SSSR count). The Hall–Kier alpha value is -2.08. The minimum Gasteiger partial charge on any atom is -0.376 e. The number of anilines is 1. The molecule has 136 valence electrons. The van der Waals surface area contributed by atoms with Crippen molar-refractivity contribution in [2.45, 2.75) is 57.1 Å². The van der Waals surface area contributed by atoms with Crippen molar-refractivity contribution in [2.75, 3.05) is 18.5 Å². The molecular formula is C19H27N3O3. The molecule has 6 heteroatoms. The summed E-state index contributed by atoms with van der Waals surface area (Å²) in [5.41, 5.74) is 1.16. The Bertz CT molecular complexity index is 593. The van der Waals surface area contributed by atoms with Gasteiger partial charge in [-0.2, -0.15) is 0 Å². The van der Waals surface area contributed by atoms with Crippen LogP contribution in [0, 0.1) is 0 Å². The van der Waals surface area contributed by atoms with Crippen molar-refractivity contribution < 1.29 is 14.3 Å². The highest BCUT2D eigenvalue weighted by Gasteiger charge is 2.18. The summed E-state index contributed by atoms with van der Waals surface area (Å²) < 4.78 is 5.51. The van der Waals surface area contributed by atoms with E-state index in [2.05, 4.69) is 16.0 Å². The van der Waals surface area contributed by atoms with E-state index >= 15 is 0 Å². The number of nitrogens with one attached hydrogen (secondary N) is 3. The van der Waals surface area contributed by atoms with E-state index in [4.69, 9.17) is 4.74 Å². The summed E-state index contributed by atoms with van der Waals surface area (Å²) in [6.07, 6.45) is 7.84. The predicted octanol–water partition coefficient (Wildman–Crippen LogP) is 3.05. The molecule has 0 aromatic heterocycles. The van der Waals surface area contributed by atoms with Crippen LogP contribution in [0.4, 0.5) is 10.5 Å². The quantitative estimate of drug-likeness (QED) is 0.767. The second-order valence-corrected chi connectivity index (χ2v) is 6.86. The molecule has 1 saturated carbocycles. The van der Waals surface area contributed by atoms with E-state index in [1.807, 2.05) is 0 Å². The summed E-state index contributed by atoms with van der Waals surface area (Å²) in [7, 11) is 0. The monoisotopic (exact) mass is 345 g/mol. The summed E-state index contributed by atoms with van der Waals surface area (Å²) in [4.78, 5) is 24.4. The summed E-state index contributed by atoms with van der Waals surface area (Å²) in [6, 6.07) is 7.06. The maximum atomic E-state index is 12.3. The lowest BCUT2D eigenvalue weighted by atomic mass is 9.96. The smallest absolute Gasteiger partial charge is 0.319 e. The lowest BCUT2D eigenvalue weighted by Gasteiger charge is -2.22. The van der Waals surface area contributed by atoms with Crippen molar-refractivity contribution in [3.8, 4) is 0 Å². The van der Waals surface area contributed by atoms with Crippen molar-refractivity contribution in [2.24, 2.45) is 0 Å². The van der Waals surface area contributed by atoms with E-state index in [9.17, 15) is 9.59 Å². The van der Waals surface area contributed by atoms with Gasteiger partial charge in [0.2, 0.25) is 0 Å². The fraction of sp³-hybridized carbons (Fsp3) is 0.579. The zero-order valence-electron chi connectivity index (χ0n) is 14.6. The Morgan fingerprint density at radius 3 is 2.68 bits per heavy atom. The number of hydrogen-bond donors (Lipinski definition) is 3. The number of carbonyl (C=O) groups is 2. The number of rotatable bonds is 5. The van der Waals surface area contributed by atoms with Crippen molar-refractivity contribution in [3.05, 3.63) is 29.8 Å². The fourth-order valence-electron chi connectivity index (χ4n) is 3.45. The Balaban J connectivity index is 1.49. The second kappa shape index (κ2) is 8.85. The van der Waals surface area contributed by atoms with Crippen LogP contribution < -0.4 is 16.0 Å². The van der Waals surface area contributed by atoms with Crippen LogP contribution in [0.2, 0.25) is 0 Å². The molecular weight excluding hydrogens is 318 g/mol. The van der Waals surface area contributed by atoms with Crippen LogP contribution in [0.5, 0.6) is 0 Å². The molecule has 0 unspecified atom stereocenters. The highest BCUT2D eigenvalue weighted by atomic mass is 16.5. The summed E-state index contributed by atoms with van der Waals surface area (Å²) in [5.74, 6) is -0.146. The highest BCUT2D eigenvalue weighted by molar-refractivity contribution is 5.96. The summed E-state index contributed by atoms with van der Waals surface area (Å²) in [5, 5.41) is 8.73. The Morgan fingerprint density at radius 1 is 1.08 bits per heavy atom. The van der Waals surface area contributed by atoms with Crippen molar-refractivity contribution in [1.29, 1.82) is 0 Å². The first-order valence-corrected chi connectivity index (χ1v) is 9.28. The molecule has 3 N–H and O–H groups in total. The van der Waals surface area contributed by atoms with Gasteiger partial charge >= 0.3 is 6.03 Å². The van der Waals surface area contributed by atoms with Crippen LogP contribution >= 0.6 is 0 Å². The Labute approximate surface area is 148 Å². The van der Waals surface area contributed by atoms with Crippen LogP contribution in [-0.2, 0) is 4.74 Å². The van der Waals surface area contributed by atoms with Gasteiger partial charge in [0.25, 0.3) is 5.91 Å². The predicted molar refractivity (Wildman–Crippen MR) is 96.8 cm³/mol.